The molecule has 1 aromatic heterocycles. The summed E-state index contributed by atoms with van der Waals surface area (Å²) in [6, 6.07) is 0. The first-order valence-corrected chi connectivity index (χ1v) is 6.19. The Morgan fingerprint density at radius 2 is 2.40 bits per heavy atom. The van der Waals surface area contributed by atoms with Crippen LogP contribution in [0.4, 0.5) is 11.5 Å². The molecule has 2 heterocycles. The third-order valence-corrected chi connectivity index (χ3v) is 3.04. The molecule has 1 aromatic rings. The van der Waals surface area contributed by atoms with Crippen molar-refractivity contribution < 1.29 is 14.6 Å². The molecule has 1 aliphatic rings. The van der Waals surface area contributed by atoms with Gasteiger partial charge in [0.25, 0.3) is 0 Å². The number of anilines is 2. The lowest BCUT2D eigenvalue weighted by Crippen LogP contribution is -2.29. The lowest BCUT2D eigenvalue weighted by molar-refractivity contribution is -0.0594. The molecule has 2 rings (SSSR count). The molecule has 0 spiro atoms. The fourth-order valence-corrected chi connectivity index (χ4v) is 2.01. The number of nitrogens with two attached hydrogens (primary N) is 2. The maximum Gasteiger partial charge on any atom is 0.351 e. The van der Waals surface area contributed by atoms with Crippen LogP contribution >= 0.6 is 0 Å². The lowest BCUT2D eigenvalue weighted by atomic mass is 10.2. The van der Waals surface area contributed by atoms with E-state index < -0.39 is 24.1 Å². The van der Waals surface area contributed by atoms with Crippen molar-refractivity contribution in [1.29, 1.82) is 0 Å². The predicted molar refractivity (Wildman–Crippen MR) is 72.9 cm³/mol. The first-order valence-electron chi connectivity index (χ1n) is 6.19. The van der Waals surface area contributed by atoms with Gasteiger partial charge in [0, 0.05) is 12.6 Å². The molecule has 1 saturated heterocycles. The zero-order valence-electron chi connectivity index (χ0n) is 10.9. The van der Waals surface area contributed by atoms with Crippen LogP contribution in [-0.2, 0) is 9.47 Å². The highest BCUT2D eigenvalue weighted by molar-refractivity contribution is 5.55. The van der Waals surface area contributed by atoms with Gasteiger partial charge in [-0.25, -0.2) is 4.79 Å². The van der Waals surface area contributed by atoms with Crippen LogP contribution in [0, 0.1) is 0 Å². The topological polar surface area (TPSA) is 126 Å². The minimum Gasteiger partial charge on any atom is -0.395 e. The highest BCUT2D eigenvalue weighted by atomic mass is 16.6. The van der Waals surface area contributed by atoms with Crippen molar-refractivity contribution in [2.24, 2.45) is 0 Å². The monoisotopic (exact) mass is 282 g/mol. The van der Waals surface area contributed by atoms with Gasteiger partial charge in [-0.05, 0) is 0 Å². The Hall–Kier alpha value is -1.90. The molecule has 0 amide bonds. The van der Waals surface area contributed by atoms with Crippen molar-refractivity contribution in [3.8, 4) is 0 Å². The molecule has 1 aliphatic heterocycles. The summed E-state index contributed by atoms with van der Waals surface area (Å²) in [7, 11) is 0. The van der Waals surface area contributed by atoms with E-state index >= 15 is 0 Å². The molecule has 0 radical (unpaired) electrons. The second-order valence-corrected chi connectivity index (χ2v) is 4.53. The zero-order valence-corrected chi connectivity index (χ0v) is 10.9. The molecule has 0 bridgehead atoms. The number of hydrogen-bond acceptors (Lipinski definition) is 7. The van der Waals surface area contributed by atoms with E-state index in [9.17, 15) is 9.90 Å². The van der Waals surface area contributed by atoms with Crippen molar-refractivity contribution in [2.75, 3.05) is 24.7 Å². The number of rotatable bonds is 5. The maximum absolute atomic E-state index is 11.8. The molecule has 20 heavy (non-hydrogen) atoms. The van der Waals surface area contributed by atoms with Crippen LogP contribution in [0.15, 0.2) is 23.6 Å². The summed E-state index contributed by atoms with van der Waals surface area (Å²) in [6.45, 7) is 4.12. The van der Waals surface area contributed by atoms with Crippen LogP contribution in [0.2, 0.25) is 0 Å². The molecule has 0 aromatic carbocycles. The SMILES string of the molecule is C=CCOC[C@H]1O[C@@H](n2cc(N)c(N)nc2=O)C[C@@H]1O. The van der Waals surface area contributed by atoms with Gasteiger partial charge in [-0.15, -0.1) is 6.58 Å². The highest BCUT2D eigenvalue weighted by Crippen LogP contribution is 2.28. The van der Waals surface area contributed by atoms with Gasteiger partial charge in [-0.1, -0.05) is 6.08 Å². The van der Waals surface area contributed by atoms with Gasteiger partial charge < -0.3 is 26.0 Å². The predicted octanol–water partition coefficient (Wildman–Crippen LogP) is -0.741. The molecule has 110 valence electrons. The fourth-order valence-electron chi connectivity index (χ4n) is 2.01. The summed E-state index contributed by atoms with van der Waals surface area (Å²) >= 11 is 0. The van der Waals surface area contributed by atoms with E-state index in [1.165, 1.54) is 10.8 Å². The van der Waals surface area contributed by atoms with Gasteiger partial charge in [-0.2, -0.15) is 4.98 Å². The summed E-state index contributed by atoms with van der Waals surface area (Å²) in [5.74, 6) is -0.0179. The highest BCUT2D eigenvalue weighted by Gasteiger charge is 2.35. The standard InChI is InChI=1S/C12H18N4O4/c1-2-3-19-6-9-8(17)4-10(20-9)16-5-7(13)11(14)15-12(16)18/h2,5,8-10,17H,1,3-4,6,13H2,(H2,14,15,18)/t8-,9+,10+/m0/s1. The molecule has 0 saturated carbocycles. The summed E-state index contributed by atoms with van der Waals surface area (Å²) < 4.78 is 12.1. The first-order chi connectivity index (χ1) is 9.52. The zero-order chi connectivity index (χ0) is 14.7. The Balaban J connectivity index is 2.10. The third-order valence-electron chi connectivity index (χ3n) is 3.04. The summed E-state index contributed by atoms with van der Waals surface area (Å²) in [5, 5.41) is 9.91. The molecule has 0 unspecified atom stereocenters. The summed E-state index contributed by atoms with van der Waals surface area (Å²) in [4.78, 5) is 15.4. The number of aliphatic hydroxyl groups is 1. The average Bonchev–Trinajstić information content (AvgIpc) is 2.76. The van der Waals surface area contributed by atoms with Gasteiger partial charge in [0.2, 0.25) is 0 Å². The molecule has 5 N–H and O–H groups in total. The van der Waals surface area contributed by atoms with Crippen molar-refractivity contribution in [2.45, 2.75) is 24.9 Å². The minimum absolute atomic E-state index is 0.0179. The summed E-state index contributed by atoms with van der Waals surface area (Å²) in [6.07, 6.45) is 1.36. The van der Waals surface area contributed by atoms with Gasteiger partial charge in [0.15, 0.2) is 5.82 Å². The molecular weight excluding hydrogens is 264 g/mol. The molecule has 3 atom stereocenters. The van der Waals surface area contributed by atoms with Crippen LogP contribution in [0.25, 0.3) is 0 Å². The fraction of sp³-hybridized carbons (Fsp3) is 0.500. The maximum atomic E-state index is 11.8. The average molecular weight is 282 g/mol. The number of ether oxygens (including phenoxy) is 2. The van der Waals surface area contributed by atoms with Crippen LogP contribution in [0.5, 0.6) is 0 Å². The van der Waals surface area contributed by atoms with Crippen molar-refractivity contribution in [3.05, 3.63) is 29.3 Å². The molecular formula is C12H18N4O4. The quantitative estimate of drug-likeness (QED) is 0.479. The Morgan fingerprint density at radius 1 is 1.65 bits per heavy atom. The smallest absolute Gasteiger partial charge is 0.351 e. The second-order valence-electron chi connectivity index (χ2n) is 4.53. The van der Waals surface area contributed by atoms with Crippen molar-refractivity contribution in [3.63, 3.8) is 0 Å². The Kier molecular flexibility index (Phi) is 4.38. The van der Waals surface area contributed by atoms with Crippen molar-refractivity contribution >= 4 is 11.5 Å². The minimum atomic E-state index is -0.726. The van der Waals surface area contributed by atoms with Crippen LogP contribution in [0.1, 0.15) is 12.6 Å². The van der Waals surface area contributed by atoms with Crippen LogP contribution < -0.4 is 17.2 Å². The Morgan fingerprint density at radius 3 is 3.10 bits per heavy atom. The molecule has 8 heteroatoms. The largest absolute Gasteiger partial charge is 0.395 e. The third kappa shape index (κ3) is 2.98. The lowest BCUT2D eigenvalue weighted by Gasteiger charge is -2.16. The molecule has 1 fully saturated rings. The van der Waals surface area contributed by atoms with Gasteiger partial charge >= 0.3 is 5.69 Å². The van der Waals surface area contributed by atoms with E-state index in [0.29, 0.717) is 6.61 Å². The normalized spacial score (nSPS) is 25.8. The number of nitrogens with zero attached hydrogens (tertiary/aromatic N) is 2. The van der Waals surface area contributed by atoms with E-state index in [1.807, 2.05) is 0 Å². The number of hydrogen-bond donors (Lipinski definition) is 3. The van der Waals surface area contributed by atoms with Crippen LogP contribution in [-0.4, -0.2) is 40.1 Å². The van der Waals surface area contributed by atoms with E-state index in [2.05, 4.69) is 11.6 Å². The van der Waals surface area contributed by atoms with E-state index in [0.717, 1.165) is 0 Å². The van der Waals surface area contributed by atoms with E-state index in [-0.39, 0.29) is 24.5 Å². The van der Waals surface area contributed by atoms with E-state index in [1.54, 1.807) is 6.08 Å². The van der Waals surface area contributed by atoms with Gasteiger partial charge in [0.05, 0.1) is 25.0 Å². The Bertz CT molecular complexity index is 545. The Labute approximate surface area is 115 Å². The van der Waals surface area contributed by atoms with Gasteiger partial charge in [-0.3, -0.25) is 4.57 Å². The number of aliphatic hydroxyl groups excluding tert-OH is 1. The summed E-state index contributed by atoms with van der Waals surface area (Å²) in [5.41, 5.74) is 10.7. The molecule has 0 aliphatic carbocycles. The van der Waals surface area contributed by atoms with Gasteiger partial charge in [0.1, 0.15) is 12.3 Å². The van der Waals surface area contributed by atoms with E-state index in [4.69, 9.17) is 20.9 Å². The van der Waals surface area contributed by atoms with Crippen LogP contribution in [0.3, 0.4) is 0 Å². The number of nitrogen functional groups attached to an aromatic ring is 2. The molecule has 8 nitrogen and oxygen atoms in total. The first kappa shape index (κ1) is 14.5. The van der Waals surface area contributed by atoms with Crippen molar-refractivity contribution in [1.82, 2.24) is 9.55 Å². The number of aromatic nitrogens is 2. The second kappa shape index (κ2) is 6.04.